The topological polar surface area (TPSA) is 117 Å². The van der Waals surface area contributed by atoms with Gasteiger partial charge in [0.2, 0.25) is 6.39 Å². The number of benzene rings is 1. The molecule has 8 nitrogen and oxygen atoms in total. The standard InChI is InChI=1S/C11H9BrN4O4/c12-7-1-6(10(17)18)2-8(3-7)15-11(19)13-4-9-14-5-20-16-9/h1-3,5H,4H2,(H,17,18)(H2,13,15,19). The molecule has 2 aromatic rings. The average molecular weight is 341 g/mol. The van der Waals surface area contributed by atoms with Gasteiger partial charge in [0.25, 0.3) is 0 Å². The molecule has 0 atom stereocenters. The fourth-order valence-electron chi connectivity index (χ4n) is 1.39. The zero-order valence-electron chi connectivity index (χ0n) is 9.96. The average Bonchev–Trinajstić information content (AvgIpc) is 2.88. The highest BCUT2D eigenvalue weighted by molar-refractivity contribution is 9.10. The van der Waals surface area contributed by atoms with Gasteiger partial charge in [0, 0.05) is 10.2 Å². The van der Waals surface area contributed by atoms with E-state index < -0.39 is 12.0 Å². The molecule has 0 bridgehead atoms. The van der Waals surface area contributed by atoms with Crippen LogP contribution in [0.3, 0.4) is 0 Å². The summed E-state index contributed by atoms with van der Waals surface area (Å²) in [4.78, 5) is 26.3. The van der Waals surface area contributed by atoms with Gasteiger partial charge in [-0.15, -0.1) is 0 Å². The van der Waals surface area contributed by atoms with Crippen molar-refractivity contribution in [2.24, 2.45) is 0 Å². The molecular weight excluding hydrogens is 332 g/mol. The monoisotopic (exact) mass is 340 g/mol. The molecule has 104 valence electrons. The lowest BCUT2D eigenvalue weighted by atomic mass is 10.2. The van der Waals surface area contributed by atoms with Crippen LogP contribution in [0.1, 0.15) is 16.2 Å². The van der Waals surface area contributed by atoms with Crippen molar-refractivity contribution in [1.82, 2.24) is 15.5 Å². The molecule has 0 unspecified atom stereocenters. The van der Waals surface area contributed by atoms with Crippen LogP contribution in [0.25, 0.3) is 0 Å². The number of carbonyl (C=O) groups excluding carboxylic acids is 1. The minimum absolute atomic E-state index is 0.0628. The number of aromatic nitrogens is 2. The second-order valence-corrected chi connectivity index (χ2v) is 4.60. The molecule has 0 spiro atoms. The Morgan fingerprint density at radius 2 is 2.15 bits per heavy atom. The molecule has 2 amide bonds. The van der Waals surface area contributed by atoms with E-state index in [1.165, 1.54) is 12.1 Å². The summed E-state index contributed by atoms with van der Waals surface area (Å²) >= 11 is 3.17. The van der Waals surface area contributed by atoms with E-state index in [0.717, 1.165) is 6.39 Å². The van der Waals surface area contributed by atoms with Crippen LogP contribution in [0.5, 0.6) is 0 Å². The lowest BCUT2D eigenvalue weighted by Gasteiger charge is -2.07. The van der Waals surface area contributed by atoms with Gasteiger partial charge in [0.15, 0.2) is 5.82 Å². The first-order valence-corrected chi connectivity index (χ1v) is 6.18. The third kappa shape index (κ3) is 3.79. The number of anilines is 1. The number of hydrogen-bond donors (Lipinski definition) is 3. The van der Waals surface area contributed by atoms with E-state index in [0.29, 0.717) is 16.0 Å². The van der Waals surface area contributed by atoms with Crippen molar-refractivity contribution in [3.05, 3.63) is 40.5 Å². The number of carboxylic acids is 1. The molecule has 3 N–H and O–H groups in total. The second-order valence-electron chi connectivity index (χ2n) is 3.69. The van der Waals surface area contributed by atoms with Crippen molar-refractivity contribution >= 4 is 33.6 Å². The summed E-state index contributed by atoms with van der Waals surface area (Å²) in [5.41, 5.74) is 0.412. The number of aromatic carboxylic acids is 1. The number of halogens is 1. The van der Waals surface area contributed by atoms with Gasteiger partial charge in [-0.1, -0.05) is 21.1 Å². The zero-order valence-corrected chi connectivity index (χ0v) is 11.5. The number of amides is 2. The first-order valence-electron chi connectivity index (χ1n) is 5.38. The largest absolute Gasteiger partial charge is 0.478 e. The molecule has 1 heterocycles. The van der Waals surface area contributed by atoms with Gasteiger partial charge >= 0.3 is 12.0 Å². The van der Waals surface area contributed by atoms with Crippen molar-refractivity contribution in [2.75, 3.05) is 5.32 Å². The molecule has 20 heavy (non-hydrogen) atoms. The Labute approximate surface area is 121 Å². The summed E-state index contributed by atoms with van der Waals surface area (Å²) in [7, 11) is 0. The highest BCUT2D eigenvalue weighted by atomic mass is 79.9. The molecule has 1 aromatic heterocycles. The van der Waals surface area contributed by atoms with E-state index in [-0.39, 0.29) is 12.1 Å². The predicted molar refractivity (Wildman–Crippen MR) is 71.3 cm³/mol. The molecule has 0 saturated carbocycles. The number of nitrogens with zero attached hydrogens (tertiary/aromatic N) is 2. The Hall–Kier alpha value is -2.42. The van der Waals surface area contributed by atoms with Crippen molar-refractivity contribution < 1.29 is 19.2 Å². The maximum absolute atomic E-state index is 11.6. The van der Waals surface area contributed by atoms with E-state index in [1.807, 2.05) is 0 Å². The van der Waals surface area contributed by atoms with Gasteiger partial charge in [-0.3, -0.25) is 0 Å². The minimum Gasteiger partial charge on any atom is -0.478 e. The number of rotatable bonds is 4. The van der Waals surface area contributed by atoms with Crippen molar-refractivity contribution in [3.63, 3.8) is 0 Å². The smallest absolute Gasteiger partial charge is 0.335 e. The molecule has 1 aromatic carbocycles. The Morgan fingerprint density at radius 3 is 2.80 bits per heavy atom. The number of carboxylic acid groups (broad SMARTS) is 1. The summed E-state index contributed by atoms with van der Waals surface area (Å²) in [6.07, 6.45) is 1.16. The predicted octanol–water partition coefficient (Wildman–Crippen LogP) is 1.85. The summed E-state index contributed by atoms with van der Waals surface area (Å²) in [5.74, 6) is -0.748. The quantitative estimate of drug-likeness (QED) is 0.781. The molecule has 0 fully saturated rings. The summed E-state index contributed by atoms with van der Waals surface area (Å²) < 4.78 is 5.07. The maximum atomic E-state index is 11.6. The van der Waals surface area contributed by atoms with Crippen LogP contribution in [0.15, 0.2) is 33.6 Å². The summed E-state index contributed by atoms with van der Waals surface area (Å²) in [5, 5.41) is 17.5. The number of hydrogen-bond acceptors (Lipinski definition) is 5. The normalized spacial score (nSPS) is 10.1. The van der Waals surface area contributed by atoms with Gasteiger partial charge in [-0.25, -0.2) is 9.59 Å². The van der Waals surface area contributed by atoms with Crippen LogP contribution in [-0.4, -0.2) is 27.2 Å². The highest BCUT2D eigenvalue weighted by Gasteiger charge is 2.09. The van der Waals surface area contributed by atoms with Gasteiger partial charge in [-0.2, -0.15) is 4.98 Å². The zero-order chi connectivity index (χ0) is 14.5. The fraction of sp³-hybridized carbons (Fsp3) is 0.0909. The van der Waals surface area contributed by atoms with Gasteiger partial charge < -0.3 is 20.3 Å². The first kappa shape index (κ1) is 14.0. The van der Waals surface area contributed by atoms with E-state index in [2.05, 4.69) is 41.2 Å². The SMILES string of the molecule is O=C(NCc1ncon1)Nc1cc(Br)cc(C(=O)O)c1. The Balaban J connectivity index is 1.98. The third-order valence-corrected chi connectivity index (χ3v) is 2.67. The van der Waals surface area contributed by atoms with Crippen LogP contribution >= 0.6 is 15.9 Å². The highest BCUT2D eigenvalue weighted by Crippen LogP contribution is 2.19. The minimum atomic E-state index is -1.08. The Bertz CT molecular complexity index is 629. The lowest BCUT2D eigenvalue weighted by Crippen LogP contribution is -2.28. The lowest BCUT2D eigenvalue weighted by molar-refractivity contribution is 0.0697. The number of urea groups is 1. The van der Waals surface area contributed by atoms with Gasteiger partial charge in [0.05, 0.1) is 12.1 Å². The van der Waals surface area contributed by atoms with E-state index in [1.54, 1.807) is 6.07 Å². The molecule has 0 aliphatic heterocycles. The van der Waals surface area contributed by atoms with E-state index >= 15 is 0 Å². The Kier molecular flexibility index (Phi) is 4.31. The maximum Gasteiger partial charge on any atom is 0.335 e. The summed E-state index contributed by atoms with van der Waals surface area (Å²) in [6.45, 7) is 0.0993. The van der Waals surface area contributed by atoms with E-state index in [9.17, 15) is 9.59 Å². The molecular formula is C11H9BrN4O4. The fourth-order valence-corrected chi connectivity index (χ4v) is 1.88. The van der Waals surface area contributed by atoms with Crippen LogP contribution in [-0.2, 0) is 6.54 Å². The Morgan fingerprint density at radius 1 is 1.35 bits per heavy atom. The first-order chi connectivity index (χ1) is 9.54. The van der Waals surface area contributed by atoms with Crippen LogP contribution in [0.2, 0.25) is 0 Å². The molecule has 0 saturated heterocycles. The van der Waals surface area contributed by atoms with Gasteiger partial charge in [0.1, 0.15) is 0 Å². The van der Waals surface area contributed by atoms with Crippen LogP contribution < -0.4 is 10.6 Å². The molecule has 0 aliphatic carbocycles. The van der Waals surface area contributed by atoms with Crippen molar-refractivity contribution in [1.29, 1.82) is 0 Å². The van der Waals surface area contributed by atoms with Crippen LogP contribution in [0, 0.1) is 0 Å². The number of nitrogens with one attached hydrogen (secondary N) is 2. The molecule has 0 radical (unpaired) electrons. The molecule has 0 aliphatic rings. The van der Waals surface area contributed by atoms with Crippen LogP contribution in [0.4, 0.5) is 10.5 Å². The van der Waals surface area contributed by atoms with Gasteiger partial charge in [-0.05, 0) is 18.2 Å². The van der Waals surface area contributed by atoms with E-state index in [4.69, 9.17) is 5.11 Å². The molecule has 9 heteroatoms. The van der Waals surface area contributed by atoms with Crippen molar-refractivity contribution in [2.45, 2.75) is 6.54 Å². The number of carbonyl (C=O) groups is 2. The second kappa shape index (κ2) is 6.15. The van der Waals surface area contributed by atoms with Crippen molar-refractivity contribution in [3.8, 4) is 0 Å². The summed E-state index contributed by atoms with van der Waals surface area (Å²) in [6, 6.07) is 3.86. The third-order valence-electron chi connectivity index (χ3n) is 2.22. The molecule has 2 rings (SSSR count).